The molecule has 28 heavy (non-hydrogen) atoms. The van der Waals surface area contributed by atoms with E-state index in [2.05, 4.69) is 10.6 Å². The Morgan fingerprint density at radius 3 is 2.71 bits per heavy atom. The number of aryl methyl sites for hydroxylation is 1. The average Bonchev–Trinajstić information content (AvgIpc) is 2.65. The number of aromatic hydroxyl groups is 1. The van der Waals surface area contributed by atoms with E-state index >= 15 is 0 Å². The van der Waals surface area contributed by atoms with Crippen molar-refractivity contribution >= 4 is 16.7 Å². The van der Waals surface area contributed by atoms with Crippen LogP contribution in [0, 0.1) is 6.92 Å². The highest BCUT2D eigenvalue weighted by molar-refractivity contribution is 5.97. The van der Waals surface area contributed by atoms with E-state index in [9.17, 15) is 9.90 Å². The zero-order chi connectivity index (χ0) is 19.7. The molecule has 5 nitrogen and oxygen atoms in total. The molecule has 0 radical (unpaired) electrons. The molecule has 3 aromatic rings. The zero-order valence-electron chi connectivity index (χ0n) is 16.0. The molecule has 1 aliphatic heterocycles. The maximum Gasteiger partial charge on any atom is 0.252 e. The molecule has 0 bridgehead atoms. The van der Waals surface area contributed by atoms with Crippen LogP contribution < -0.4 is 15.4 Å². The van der Waals surface area contributed by atoms with Crippen LogP contribution in [0.15, 0.2) is 54.6 Å². The maximum atomic E-state index is 13.0. The standard InChI is InChI=1S/C23H24N2O3/c1-14-7-9-17(28-18-12-24-13-18)11-20(14)23(27)25-15(2)22-19-6-4-3-5-16(19)8-10-21(22)26/h3-11,15,18,24,26H,12-13H2,1-2H3,(H,25,27)/t15-/m1/s1. The lowest BCUT2D eigenvalue weighted by molar-refractivity contribution is 0.0937. The molecule has 0 unspecified atom stereocenters. The number of benzene rings is 3. The van der Waals surface area contributed by atoms with Gasteiger partial charge in [-0.1, -0.05) is 36.4 Å². The first-order chi connectivity index (χ1) is 13.5. The minimum absolute atomic E-state index is 0.158. The average molecular weight is 376 g/mol. The summed E-state index contributed by atoms with van der Waals surface area (Å²) in [5, 5.41) is 18.6. The molecule has 0 spiro atoms. The van der Waals surface area contributed by atoms with Gasteiger partial charge in [-0.15, -0.1) is 0 Å². The van der Waals surface area contributed by atoms with Gasteiger partial charge in [-0.2, -0.15) is 0 Å². The Balaban J connectivity index is 1.58. The molecule has 1 atom stereocenters. The number of hydrogen-bond acceptors (Lipinski definition) is 4. The van der Waals surface area contributed by atoms with Crippen molar-refractivity contribution in [1.29, 1.82) is 0 Å². The van der Waals surface area contributed by atoms with Crippen LogP contribution in [0.1, 0.15) is 34.5 Å². The lowest BCUT2D eigenvalue weighted by Crippen LogP contribution is -2.50. The van der Waals surface area contributed by atoms with Crippen LogP contribution in [-0.4, -0.2) is 30.2 Å². The first-order valence-corrected chi connectivity index (χ1v) is 9.52. The van der Waals surface area contributed by atoms with Crippen molar-refractivity contribution in [3.05, 3.63) is 71.3 Å². The van der Waals surface area contributed by atoms with Gasteiger partial charge < -0.3 is 20.5 Å². The highest BCUT2D eigenvalue weighted by atomic mass is 16.5. The summed E-state index contributed by atoms with van der Waals surface area (Å²) in [4.78, 5) is 13.0. The van der Waals surface area contributed by atoms with Crippen LogP contribution >= 0.6 is 0 Å². The number of phenolic OH excluding ortho intramolecular Hbond substituents is 1. The van der Waals surface area contributed by atoms with Crippen molar-refractivity contribution in [2.45, 2.75) is 26.0 Å². The Morgan fingerprint density at radius 1 is 1.18 bits per heavy atom. The van der Waals surface area contributed by atoms with E-state index in [-0.39, 0.29) is 23.8 Å². The Bertz CT molecular complexity index is 1030. The molecule has 5 heteroatoms. The van der Waals surface area contributed by atoms with Crippen molar-refractivity contribution < 1.29 is 14.6 Å². The van der Waals surface area contributed by atoms with E-state index < -0.39 is 0 Å². The van der Waals surface area contributed by atoms with Gasteiger partial charge in [0.2, 0.25) is 0 Å². The van der Waals surface area contributed by atoms with E-state index in [1.165, 1.54) is 0 Å². The van der Waals surface area contributed by atoms with Crippen molar-refractivity contribution in [2.24, 2.45) is 0 Å². The maximum absolute atomic E-state index is 13.0. The third-order valence-corrected chi connectivity index (χ3v) is 5.23. The fourth-order valence-corrected chi connectivity index (χ4v) is 3.54. The van der Waals surface area contributed by atoms with Crippen LogP contribution in [0.2, 0.25) is 0 Å². The van der Waals surface area contributed by atoms with Crippen molar-refractivity contribution in [3.8, 4) is 11.5 Å². The molecule has 1 fully saturated rings. The number of carbonyl (C=O) groups excluding carboxylic acids is 1. The predicted octanol–water partition coefficient (Wildman–Crippen LogP) is 3.70. The highest BCUT2D eigenvalue weighted by Gasteiger charge is 2.21. The van der Waals surface area contributed by atoms with Crippen molar-refractivity contribution in [3.63, 3.8) is 0 Å². The Hall–Kier alpha value is -3.05. The van der Waals surface area contributed by atoms with Crippen LogP contribution in [0.25, 0.3) is 10.8 Å². The second-order valence-corrected chi connectivity index (χ2v) is 7.29. The van der Waals surface area contributed by atoms with Gasteiger partial charge in [-0.25, -0.2) is 0 Å². The number of nitrogens with one attached hydrogen (secondary N) is 2. The Labute approximate surface area is 164 Å². The number of amides is 1. The quantitative estimate of drug-likeness (QED) is 0.635. The lowest BCUT2D eigenvalue weighted by atomic mass is 9.98. The minimum atomic E-state index is -0.349. The fourth-order valence-electron chi connectivity index (χ4n) is 3.54. The number of ether oxygens (including phenoxy) is 1. The van der Waals surface area contributed by atoms with Gasteiger partial charge >= 0.3 is 0 Å². The first-order valence-electron chi connectivity index (χ1n) is 9.52. The smallest absolute Gasteiger partial charge is 0.252 e. The van der Waals surface area contributed by atoms with E-state index in [0.717, 1.165) is 35.0 Å². The molecule has 1 saturated heterocycles. The summed E-state index contributed by atoms with van der Waals surface area (Å²) >= 11 is 0. The third-order valence-electron chi connectivity index (χ3n) is 5.23. The summed E-state index contributed by atoms with van der Waals surface area (Å²) in [6, 6.07) is 16.6. The molecule has 1 heterocycles. The van der Waals surface area contributed by atoms with Gasteiger partial charge in [0.25, 0.3) is 5.91 Å². The van der Waals surface area contributed by atoms with Gasteiger partial charge in [0.1, 0.15) is 17.6 Å². The SMILES string of the molecule is Cc1ccc(OC2CNC2)cc1C(=O)N[C@H](C)c1c(O)ccc2ccccc12. The normalized spacial score (nSPS) is 15.1. The molecular weight excluding hydrogens is 352 g/mol. The van der Waals surface area contributed by atoms with E-state index in [4.69, 9.17) is 4.74 Å². The number of fused-ring (bicyclic) bond motifs is 1. The second kappa shape index (κ2) is 7.52. The van der Waals surface area contributed by atoms with E-state index in [1.807, 2.05) is 56.3 Å². The molecule has 1 aliphatic rings. The molecule has 0 aliphatic carbocycles. The monoisotopic (exact) mass is 376 g/mol. The fraction of sp³-hybridized carbons (Fsp3) is 0.261. The minimum Gasteiger partial charge on any atom is -0.508 e. The predicted molar refractivity (Wildman–Crippen MR) is 110 cm³/mol. The molecule has 3 N–H and O–H groups in total. The largest absolute Gasteiger partial charge is 0.508 e. The number of rotatable bonds is 5. The van der Waals surface area contributed by atoms with Gasteiger partial charge in [-0.05, 0) is 48.4 Å². The summed E-state index contributed by atoms with van der Waals surface area (Å²) in [5.74, 6) is 0.690. The molecule has 4 rings (SSSR count). The summed E-state index contributed by atoms with van der Waals surface area (Å²) in [6.07, 6.45) is 0.158. The van der Waals surface area contributed by atoms with Gasteiger partial charge in [0.15, 0.2) is 0 Å². The number of phenols is 1. The highest BCUT2D eigenvalue weighted by Crippen LogP contribution is 2.32. The van der Waals surface area contributed by atoms with Gasteiger partial charge in [0, 0.05) is 24.2 Å². The topological polar surface area (TPSA) is 70.6 Å². The summed E-state index contributed by atoms with van der Waals surface area (Å²) in [7, 11) is 0. The van der Waals surface area contributed by atoms with E-state index in [0.29, 0.717) is 11.3 Å². The first kappa shape index (κ1) is 18.3. The van der Waals surface area contributed by atoms with Crippen molar-refractivity contribution in [2.75, 3.05) is 13.1 Å². The third kappa shape index (κ3) is 3.53. The molecule has 0 saturated carbocycles. The molecule has 1 amide bonds. The Morgan fingerprint density at radius 2 is 1.96 bits per heavy atom. The van der Waals surface area contributed by atoms with Crippen LogP contribution in [0.4, 0.5) is 0 Å². The summed E-state index contributed by atoms with van der Waals surface area (Å²) in [6.45, 7) is 5.44. The Kier molecular flexibility index (Phi) is 4.92. The summed E-state index contributed by atoms with van der Waals surface area (Å²) < 4.78 is 5.88. The van der Waals surface area contributed by atoms with Crippen molar-refractivity contribution in [1.82, 2.24) is 10.6 Å². The summed E-state index contributed by atoms with van der Waals surface area (Å²) in [5.41, 5.74) is 2.18. The number of hydrogen-bond donors (Lipinski definition) is 3. The van der Waals surface area contributed by atoms with E-state index in [1.54, 1.807) is 12.1 Å². The van der Waals surface area contributed by atoms with Crippen LogP contribution in [0.5, 0.6) is 11.5 Å². The molecule has 0 aromatic heterocycles. The number of carbonyl (C=O) groups is 1. The molecular formula is C23H24N2O3. The van der Waals surface area contributed by atoms with Gasteiger partial charge in [-0.3, -0.25) is 4.79 Å². The van der Waals surface area contributed by atoms with Crippen LogP contribution in [0.3, 0.4) is 0 Å². The van der Waals surface area contributed by atoms with Crippen LogP contribution in [-0.2, 0) is 0 Å². The second-order valence-electron chi connectivity index (χ2n) is 7.29. The van der Waals surface area contributed by atoms with Gasteiger partial charge in [0.05, 0.1) is 6.04 Å². The molecule has 3 aromatic carbocycles. The zero-order valence-corrected chi connectivity index (χ0v) is 16.0. The molecule has 144 valence electrons. The lowest BCUT2D eigenvalue weighted by Gasteiger charge is -2.28.